The second-order valence-corrected chi connectivity index (χ2v) is 9.10. The van der Waals surface area contributed by atoms with Crippen molar-refractivity contribution in [3.8, 4) is 0 Å². The van der Waals surface area contributed by atoms with E-state index in [2.05, 4.69) is 22.1 Å². The van der Waals surface area contributed by atoms with Crippen LogP contribution in [-0.4, -0.2) is 38.9 Å². The van der Waals surface area contributed by atoms with Gasteiger partial charge in [-0.05, 0) is 81.9 Å². The van der Waals surface area contributed by atoms with Gasteiger partial charge in [-0.1, -0.05) is 6.92 Å². The van der Waals surface area contributed by atoms with E-state index in [1.807, 2.05) is 24.4 Å². The van der Waals surface area contributed by atoms with Crippen LogP contribution in [0.4, 0.5) is 5.95 Å². The molecule has 2 unspecified atom stereocenters. The molecular weight excluding hydrogens is 348 g/mol. The van der Waals surface area contributed by atoms with E-state index < -0.39 is 0 Å². The minimum atomic E-state index is 0.188. The topological polar surface area (TPSA) is 58.1 Å². The Bertz CT molecular complexity index is 858. The molecule has 1 N–H and O–H groups in total. The zero-order chi connectivity index (χ0) is 19.1. The van der Waals surface area contributed by atoms with Gasteiger partial charge in [0.2, 0.25) is 5.95 Å². The van der Waals surface area contributed by atoms with Crippen LogP contribution >= 0.6 is 0 Å². The summed E-state index contributed by atoms with van der Waals surface area (Å²) in [4.78, 5) is 24.5. The van der Waals surface area contributed by atoms with Crippen molar-refractivity contribution < 1.29 is 4.79 Å². The van der Waals surface area contributed by atoms with Gasteiger partial charge in [0.05, 0.1) is 5.52 Å². The van der Waals surface area contributed by atoms with Crippen LogP contribution in [0.5, 0.6) is 0 Å². The van der Waals surface area contributed by atoms with Gasteiger partial charge in [-0.2, -0.15) is 0 Å². The number of hydrogen-bond acceptors (Lipinski definition) is 4. The van der Waals surface area contributed by atoms with Gasteiger partial charge in [0, 0.05) is 35.3 Å². The molecule has 0 spiro atoms. The van der Waals surface area contributed by atoms with E-state index >= 15 is 0 Å². The fourth-order valence-corrected chi connectivity index (χ4v) is 5.42. The van der Waals surface area contributed by atoms with Gasteiger partial charge in [0.25, 0.3) is 5.91 Å². The van der Waals surface area contributed by atoms with Crippen molar-refractivity contribution in [2.45, 2.75) is 82.8 Å². The van der Waals surface area contributed by atoms with Crippen molar-refractivity contribution >= 4 is 22.8 Å². The third-order valence-electron chi connectivity index (χ3n) is 7.10. The lowest BCUT2D eigenvalue weighted by Gasteiger charge is -2.34. The Hall–Kier alpha value is -2.17. The number of aromatic nitrogens is 2. The Morgan fingerprint density at radius 3 is 2.54 bits per heavy atom. The summed E-state index contributed by atoms with van der Waals surface area (Å²) in [5.74, 6) is 1.73. The number of nitrogens with one attached hydrogen (secondary N) is 1. The van der Waals surface area contributed by atoms with E-state index in [1.54, 1.807) is 0 Å². The molecule has 3 aliphatic rings. The first-order chi connectivity index (χ1) is 13.7. The summed E-state index contributed by atoms with van der Waals surface area (Å²) in [5.41, 5.74) is 1.68. The van der Waals surface area contributed by atoms with Crippen molar-refractivity contribution in [1.29, 1.82) is 0 Å². The molecule has 1 aromatic heterocycles. The summed E-state index contributed by atoms with van der Waals surface area (Å²) in [6.45, 7) is 2.33. The monoisotopic (exact) mass is 378 g/mol. The average Bonchev–Trinajstić information content (AvgIpc) is 2.97. The molecule has 28 heavy (non-hydrogen) atoms. The highest BCUT2D eigenvalue weighted by Gasteiger charge is 2.39. The first kappa shape index (κ1) is 17.9. The van der Waals surface area contributed by atoms with E-state index in [1.165, 1.54) is 44.9 Å². The number of fused-ring (bicyclic) bond motifs is 3. The lowest BCUT2D eigenvalue weighted by atomic mass is 9.87. The van der Waals surface area contributed by atoms with Gasteiger partial charge < -0.3 is 10.2 Å². The molecule has 5 rings (SSSR count). The highest BCUT2D eigenvalue weighted by Crippen LogP contribution is 2.36. The molecule has 3 heterocycles. The van der Waals surface area contributed by atoms with Gasteiger partial charge in [0.15, 0.2) is 0 Å². The predicted octanol–water partition coefficient (Wildman–Crippen LogP) is 4.78. The number of nitrogens with zero attached hydrogens (tertiary/aromatic N) is 3. The summed E-state index contributed by atoms with van der Waals surface area (Å²) in [5, 5.41) is 4.45. The zero-order valence-electron chi connectivity index (χ0n) is 16.7. The Kier molecular flexibility index (Phi) is 4.69. The Morgan fingerprint density at radius 2 is 1.79 bits per heavy atom. The molecule has 1 aliphatic carbocycles. The normalized spacial score (nSPS) is 29.8. The Morgan fingerprint density at radius 1 is 1.04 bits per heavy atom. The molecular formula is C23H30N4O. The largest absolute Gasteiger partial charge is 0.351 e. The molecule has 1 saturated carbocycles. The predicted molar refractivity (Wildman–Crippen MR) is 111 cm³/mol. The third kappa shape index (κ3) is 3.36. The molecule has 2 atom stereocenters. The number of carbonyl (C=O) groups excluding carboxylic acids is 1. The van der Waals surface area contributed by atoms with Crippen molar-refractivity contribution in [3.05, 3.63) is 30.0 Å². The number of rotatable bonds is 3. The number of benzene rings is 1. The van der Waals surface area contributed by atoms with Gasteiger partial charge >= 0.3 is 0 Å². The van der Waals surface area contributed by atoms with Crippen LogP contribution in [0.1, 0.15) is 75.1 Å². The van der Waals surface area contributed by atoms with Gasteiger partial charge in [-0.15, -0.1) is 0 Å². The Labute approximate surface area is 166 Å². The van der Waals surface area contributed by atoms with Crippen molar-refractivity contribution in [2.75, 3.05) is 5.32 Å². The minimum absolute atomic E-state index is 0.188. The minimum Gasteiger partial charge on any atom is -0.351 e. The summed E-state index contributed by atoms with van der Waals surface area (Å²) in [7, 11) is 0. The molecule has 5 heteroatoms. The second kappa shape index (κ2) is 7.34. The average molecular weight is 379 g/mol. The van der Waals surface area contributed by atoms with Crippen molar-refractivity contribution in [2.24, 2.45) is 5.92 Å². The van der Waals surface area contributed by atoms with E-state index in [0.717, 1.165) is 35.2 Å². The van der Waals surface area contributed by atoms with E-state index in [-0.39, 0.29) is 5.91 Å². The number of carbonyl (C=O) groups is 1. The lowest BCUT2D eigenvalue weighted by molar-refractivity contribution is 0.0595. The van der Waals surface area contributed by atoms with E-state index in [0.29, 0.717) is 24.1 Å². The van der Waals surface area contributed by atoms with Crippen LogP contribution in [0.25, 0.3) is 10.9 Å². The van der Waals surface area contributed by atoms with Crippen LogP contribution < -0.4 is 5.32 Å². The third-order valence-corrected chi connectivity index (χ3v) is 7.10. The van der Waals surface area contributed by atoms with Crippen molar-refractivity contribution in [1.82, 2.24) is 14.9 Å². The SMILES string of the molecule is CC1CCC(Nc2ncc3cc(C(=O)N4C5CCCC4CC5)ccc3n2)CC1. The van der Waals surface area contributed by atoms with E-state index in [4.69, 9.17) is 4.98 Å². The highest BCUT2D eigenvalue weighted by atomic mass is 16.2. The van der Waals surface area contributed by atoms with Crippen LogP contribution in [-0.2, 0) is 0 Å². The number of hydrogen-bond donors (Lipinski definition) is 1. The maximum atomic E-state index is 13.1. The Balaban J connectivity index is 1.33. The summed E-state index contributed by atoms with van der Waals surface area (Å²) < 4.78 is 0. The van der Waals surface area contributed by atoms with Crippen LogP contribution in [0.2, 0.25) is 0 Å². The van der Waals surface area contributed by atoms with Crippen LogP contribution in [0, 0.1) is 5.92 Å². The van der Waals surface area contributed by atoms with Crippen LogP contribution in [0.15, 0.2) is 24.4 Å². The first-order valence-electron chi connectivity index (χ1n) is 11.0. The quantitative estimate of drug-likeness (QED) is 0.835. The molecule has 0 radical (unpaired) electrons. The second-order valence-electron chi connectivity index (χ2n) is 9.10. The fourth-order valence-electron chi connectivity index (χ4n) is 5.42. The number of amides is 1. The number of piperidine rings is 1. The van der Waals surface area contributed by atoms with E-state index in [9.17, 15) is 4.79 Å². The molecule has 1 aromatic carbocycles. The maximum absolute atomic E-state index is 13.1. The lowest BCUT2D eigenvalue weighted by Crippen LogP contribution is -2.43. The standard InChI is InChI=1S/C23H30N4O/c1-15-5-8-18(9-6-15)25-23-24-14-17-13-16(7-12-21(17)26-23)22(28)27-19-3-2-4-20(27)11-10-19/h7,12-15,18-20H,2-6,8-11H2,1H3,(H,24,25,26). The summed E-state index contributed by atoms with van der Waals surface area (Å²) in [6.07, 6.45) is 12.7. The molecule has 2 aromatic rings. The zero-order valence-corrected chi connectivity index (χ0v) is 16.7. The number of anilines is 1. The summed E-state index contributed by atoms with van der Waals surface area (Å²) in [6, 6.07) is 7.26. The molecule has 2 saturated heterocycles. The molecule has 5 nitrogen and oxygen atoms in total. The first-order valence-corrected chi connectivity index (χ1v) is 11.0. The molecule has 2 aliphatic heterocycles. The maximum Gasteiger partial charge on any atom is 0.254 e. The van der Waals surface area contributed by atoms with Gasteiger partial charge in [0.1, 0.15) is 0 Å². The molecule has 3 fully saturated rings. The smallest absolute Gasteiger partial charge is 0.254 e. The van der Waals surface area contributed by atoms with Gasteiger partial charge in [-0.25, -0.2) is 9.97 Å². The van der Waals surface area contributed by atoms with Crippen LogP contribution in [0.3, 0.4) is 0 Å². The summed E-state index contributed by atoms with van der Waals surface area (Å²) >= 11 is 0. The molecule has 1 amide bonds. The van der Waals surface area contributed by atoms with Crippen molar-refractivity contribution in [3.63, 3.8) is 0 Å². The highest BCUT2D eigenvalue weighted by molar-refractivity contribution is 5.98. The molecule has 148 valence electrons. The van der Waals surface area contributed by atoms with Gasteiger partial charge in [-0.3, -0.25) is 4.79 Å². The molecule has 2 bridgehead atoms. The fraction of sp³-hybridized carbons (Fsp3) is 0.609.